The maximum Gasteiger partial charge on any atom is 2.00 e. The van der Waals surface area contributed by atoms with Gasteiger partial charge in [0, 0.05) is 11.8 Å². The fourth-order valence-corrected chi connectivity index (χ4v) is 0.612. The molecule has 2 atom stereocenters. The second-order valence-corrected chi connectivity index (χ2v) is 3.55. The van der Waals surface area contributed by atoms with E-state index in [1.54, 1.807) is 0 Å². The van der Waals surface area contributed by atoms with Crippen molar-refractivity contribution in [3.8, 4) is 0 Å². The molecule has 0 rings (SSSR count). The van der Waals surface area contributed by atoms with E-state index in [1.807, 2.05) is 0 Å². The molecular weight excluding hydrogens is 374 g/mol. The minimum absolute atomic E-state index is 0. The SMILES string of the molecule is ClCCCl.O=[PH]([O-])O[PH](=O)[O-].[Ba+2]. The van der Waals surface area contributed by atoms with Crippen molar-refractivity contribution in [2.75, 3.05) is 11.8 Å². The Morgan fingerprint density at radius 2 is 1.33 bits per heavy atom. The van der Waals surface area contributed by atoms with E-state index in [0.29, 0.717) is 11.8 Å². The Morgan fingerprint density at radius 1 is 1.08 bits per heavy atom. The summed E-state index contributed by atoms with van der Waals surface area (Å²) in [5.41, 5.74) is 0. The summed E-state index contributed by atoms with van der Waals surface area (Å²) in [5.74, 6) is 1.11. The number of halogens is 2. The summed E-state index contributed by atoms with van der Waals surface area (Å²) in [5, 5.41) is 0. The number of rotatable bonds is 3. The number of hydrogen-bond acceptors (Lipinski definition) is 5. The standard InChI is InChI=1S/C2H4Cl2.Ba.H4O5P2/c3-1-2-4;;1-6(2)5-7(3)4/h1-2H2;;6-7H,(H,1,2)(H,3,4)/q;+2;/p-2. The van der Waals surface area contributed by atoms with Gasteiger partial charge >= 0.3 is 48.9 Å². The number of alkyl halides is 2. The molecule has 0 heterocycles. The second kappa shape index (κ2) is 15.9. The van der Waals surface area contributed by atoms with Crippen LogP contribution in [-0.2, 0) is 13.4 Å². The Labute approximate surface area is 122 Å². The van der Waals surface area contributed by atoms with Crippen molar-refractivity contribution in [2.24, 2.45) is 0 Å². The van der Waals surface area contributed by atoms with Gasteiger partial charge in [0.05, 0.1) is 0 Å². The molecule has 0 amide bonds. The molecule has 5 nitrogen and oxygen atoms in total. The van der Waals surface area contributed by atoms with Gasteiger partial charge < -0.3 is 18.9 Å². The quantitative estimate of drug-likeness (QED) is 0.377. The molecule has 0 saturated carbocycles. The molecule has 0 saturated heterocycles. The molecule has 0 spiro atoms. The molecule has 0 aromatic carbocycles. The molecule has 10 heteroatoms. The zero-order chi connectivity index (χ0) is 9.28. The Kier molecular flexibility index (Phi) is 26.5. The molecular formula is C2H6BaCl2O5P2. The summed E-state index contributed by atoms with van der Waals surface area (Å²) in [6, 6.07) is 0. The van der Waals surface area contributed by atoms with Gasteiger partial charge in [0.15, 0.2) is 0 Å². The van der Waals surface area contributed by atoms with E-state index >= 15 is 0 Å². The van der Waals surface area contributed by atoms with Crippen LogP contribution in [-0.4, -0.2) is 60.6 Å². The van der Waals surface area contributed by atoms with Crippen LogP contribution in [0.5, 0.6) is 0 Å². The summed E-state index contributed by atoms with van der Waals surface area (Å²) >= 11 is 10.1. The van der Waals surface area contributed by atoms with Crippen LogP contribution in [0.2, 0.25) is 0 Å². The van der Waals surface area contributed by atoms with E-state index in [9.17, 15) is 18.9 Å². The van der Waals surface area contributed by atoms with Gasteiger partial charge in [-0.2, -0.15) is 0 Å². The van der Waals surface area contributed by atoms with Gasteiger partial charge in [0.25, 0.3) is 0 Å². The first-order chi connectivity index (χ1) is 5.04. The molecule has 0 radical (unpaired) electrons. The van der Waals surface area contributed by atoms with Crippen molar-refractivity contribution in [3.05, 3.63) is 0 Å². The van der Waals surface area contributed by atoms with Gasteiger partial charge in [-0.05, 0) is 0 Å². The monoisotopic (exact) mass is 380 g/mol. The molecule has 0 N–H and O–H groups in total. The van der Waals surface area contributed by atoms with E-state index in [0.717, 1.165) is 0 Å². The van der Waals surface area contributed by atoms with Crippen LogP contribution in [0.25, 0.3) is 0 Å². The molecule has 0 aliphatic carbocycles. The molecule has 0 bridgehead atoms. The topological polar surface area (TPSA) is 89.5 Å². The van der Waals surface area contributed by atoms with E-state index in [-0.39, 0.29) is 48.9 Å². The van der Waals surface area contributed by atoms with Crippen molar-refractivity contribution in [1.82, 2.24) is 0 Å². The van der Waals surface area contributed by atoms with Gasteiger partial charge in [0.2, 0.25) is 0 Å². The van der Waals surface area contributed by atoms with Crippen LogP contribution in [0.3, 0.4) is 0 Å². The second-order valence-electron chi connectivity index (χ2n) is 0.980. The van der Waals surface area contributed by atoms with Crippen molar-refractivity contribution in [1.29, 1.82) is 0 Å². The van der Waals surface area contributed by atoms with Crippen molar-refractivity contribution in [2.45, 2.75) is 0 Å². The van der Waals surface area contributed by atoms with Gasteiger partial charge in [-0.25, -0.2) is 0 Å². The molecule has 0 aromatic heterocycles. The largest absolute Gasteiger partial charge is 2.00 e. The molecule has 0 aliphatic rings. The molecule has 2 unspecified atom stereocenters. The fraction of sp³-hybridized carbons (Fsp3) is 1.00. The Morgan fingerprint density at radius 3 is 1.33 bits per heavy atom. The van der Waals surface area contributed by atoms with Gasteiger partial charge in [-0.3, -0.25) is 4.31 Å². The third-order valence-corrected chi connectivity index (χ3v) is 2.14. The summed E-state index contributed by atoms with van der Waals surface area (Å²) < 4.78 is 21.8. The van der Waals surface area contributed by atoms with Crippen LogP contribution >= 0.6 is 39.7 Å². The predicted octanol–water partition coefficient (Wildman–Crippen LogP) is -0.414. The predicted molar refractivity (Wildman–Crippen MR) is 46.3 cm³/mol. The summed E-state index contributed by atoms with van der Waals surface area (Å²) in [7, 11) is -7.03. The molecule has 12 heavy (non-hydrogen) atoms. The van der Waals surface area contributed by atoms with E-state index < -0.39 is 16.5 Å². The van der Waals surface area contributed by atoms with Crippen molar-refractivity contribution in [3.63, 3.8) is 0 Å². The first-order valence-electron chi connectivity index (χ1n) is 2.26. The molecule has 0 aromatic rings. The van der Waals surface area contributed by atoms with Gasteiger partial charge in [-0.1, -0.05) is 0 Å². The third kappa shape index (κ3) is 29.4. The van der Waals surface area contributed by atoms with Crippen LogP contribution in [0, 0.1) is 0 Å². The normalized spacial score (nSPS) is 13.3. The average molecular weight is 380 g/mol. The Bertz CT molecular complexity index is 121. The third-order valence-electron chi connectivity index (χ3n) is 0.238. The molecule has 70 valence electrons. The summed E-state index contributed by atoms with van der Waals surface area (Å²) in [4.78, 5) is 18.6. The first-order valence-corrected chi connectivity index (χ1v) is 5.78. The van der Waals surface area contributed by atoms with Gasteiger partial charge in [0.1, 0.15) is 16.5 Å². The van der Waals surface area contributed by atoms with E-state index in [2.05, 4.69) is 4.31 Å². The summed E-state index contributed by atoms with van der Waals surface area (Å²) in [6.07, 6.45) is 0. The molecule has 0 aliphatic heterocycles. The summed E-state index contributed by atoms with van der Waals surface area (Å²) in [6.45, 7) is 0. The minimum atomic E-state index is -3.51. The molecule has 0 fully saturated rings. The van der Waals surface area contributed by atoms with Crippen LogP contribution in [0.1, 0.15) is 0 Å². The Hall–Kier alpha value is 2.49. The van der Waals surface area contributed by atoms with Crippen LogP contribution < -0.4 is 9.79 Å². The number of hydrogen-bond donors (Lipinski definition) is 0. The van der Waals surface area contributed by atoms with Crippen LogP contribution in [0.15, 0.2) is 0 Å². The van der Waals surface area contributed by atoms with Crippen molar-refractivity contribution < 1.29 is 23.2 Å². The minimum Gasteiger partial charge on any atom is -0.781 e. The van der Waals surface area contributed by atoms with E-state index in [4.69, 9.17) is 23.2 Å². The van der Waals surface area contributed by atoms with Gasteiger partial charge in [-0.15, -0.1) is 23.2 Å². The smallest absolute Gasteiger partial charge is 0.781 e. The van der Waals surface area contributed by atoms with E-state index in [1.165, 1.54) is 0 Å². The zero-order valence-corrected chi connectivity index (χ0v) is 13.9. The first kappa shape index (κ1) is 20.0. The average Bonchev–Trinajstić information content (AvgIpc) is 1.85. The zero-order valence-electron chi connectivity index (χ0n) is 5.92. The Balaban J connectivity index is -0.000000142. The maximum absolute atomic E-state index is 9.29. The fourth-order valence-electron chi connectivity index (χ4n) is 0.0680. The van der Waals surface area contributed by atoms with Crippen molar-refractivity contribution >= 4 is 88.6 Å². The van der Waals surface area contributed by atoms with Crippen LogP contribution in [0.4, 0.5) is 0 Å². The maximum atomic E-state index is 9.29.